The Morgan fingerprint density at radius 3 is 1.25 bits per heavy atom. The summed E-state index contributed by atoms with van der Waals surface area (Å²) >= 11 is 0. The summed E-state index contributed by atoms with van der Waals surface area (Å²) in [5.41, 5.74) is 0. The minimum Gasteiger partial charge on any atom is -0.483 e. The van der Waals surface area contributed by atoms with Crippen molar-refractivity contribution in [3.8, 4) is 0 Å². The molecule has 0 rings (SSSR count). The summed E-state index contributed by atoms with van der Waals surface area (Å²) in [6.45, 7) is 9.06. The van der Waals surface area contributed by atoms with Gasteiger partial charge >= 0.3 is 33.9 Å². The topological polar surface area (TPSA) is 37.3 Å². The fourth-order valence-electron chi connectivity index (χ4n) is 0. The summed E-state index contributed by atoms with van der Waals surface area (Å²) in [5, 5.41) is 6.89. The number of carbonyl (C=O) groups is 1. The largest absolute Gasteiger partial charge is 0.483 e. The van der Waals surface area contributed by atoms with Gasteiger partial charge in [0.2, 0.25) is 0 Å². The van der Waals surface area contributed by atoms with Crippen molar-refractivity contribution in [2.45, 2.75) is 0 Å². The molecule has 3 heteroatoms. The van der Waals surface area contributed by atoms with E-state index in [9.17, 15) is 0 Å². The van der Waals surface area contributed by atoms with Crippen LogP contribution in [0.15, 0.2) is 0 Å². The summed E-state index contributed by atoms with van der Waals surface area (Å²) in [6, 6.07) is 0. The van der Waals surface area contributed by atoms with Crippen LogP contribution < -0.4 is 0 Å². The van der Waals surface area contributed by atoms with Crippen molar-refractivity contribution < 1.29 is 9.90 Å². The molecule has 0 saturated heterocycles. The average Bonchev–Trinajstić information content (AvgIpc) is 1.27. The molecular weight excluding hydrogens is 123 g/mol. The molecular formula is C5H15O2P. The van der Waals surface area contributed by atoms with E-state index >= 15 is 0 Å². The van der Waals surface area contributed by atoms with Crippen LogP contribution >= 0.6 is 7.26 Å². The van der Waals surface area contributed by atoms with E-state index in [0.717, 1.165) is 0 Å². The fraction of sp³-hybridized carbons (Fsp3) is 0.800. The second kappa shape index (κ2) is 5.04. The normalized spacial score (nSPS) is 11.0. The van der Waals surface area contributed by atoms with E-state index in [0.29, 0.717) is 0 Å². The molecule has 0 aromatic carbocycles. The van der Waals surface area contributed by atoms with Gasteiger partial charge in [0, 0.05) is 0 Å². The van der Waals surface area contributed by atoms with Crippen LogP contribution in [0.3, 0.4) is 0 Å². The van der Waals surface area contributed by atoms with Gasteiger partial charge in [-0.25, -0.2) is 0 Å². The molecule has 52 valence electrons. The van der Waals surface area contributed by atoms with Crippen molar-refractivity contribution in [2.24, 2.45) is 0 Å². The first-order valence-electron chi connectivity index (χ1n) is 2.49. The third-order valence-corrected chi connectivity index (χ3v) is 0. The zero-order valence-electron chi connectivity index (χ0n) is 5.93. The molecule has 0 heterocycles. The molecule has 0 radical (unpaired) electrons. The minimum absolute atomic E-state index is 0.250. The van der Waals surface area contributed by atoms with Crippen molar-refractivity contribution in [3.63, 3.8) is 0 Å². The van der Waals surface area contributed by atoms with Crippen LogP contribution in [-0.4, -0.2) is 38.2 Å². The van der Waals surface area contributed by atoms with E-state index in [1.165, 1.54) is 0 Å². The Kier molecular flexibility index (Phi) is 6.81. The van der Waals surface area contributed by atoms with Gasteiger partial charge in [0.15, 0.2) is 0 Å². The van der Waals surface area contributed by atoms with E-state index < -0.39 is 7.26 Å². The molecule has 0 aromatic heterocycles. The zero-order chi connectivity index (χ0) is 7.21. The molecule has 0 unspecified atom stereocenters. The van der Waals surface area contributed by atoms with Crippen molar-refractivity contribution >= 4 is 13.7 Å². The van der Waals surface area contributed by atoms with Gasteiger partial charge in [-0.2, -0.15) is 0 Å². The molecule has 0 bridgehead atoms. The molecule has 0 aliphatic heterocycles. The van der Waals surface area contributed by atoms with Gasteiger partial charge < -0.3 is 5.11 Å². The van der Waals surface area contributed by atoms with Crippen LogP contribution in [0, 0.1) is 0 Å². The first-order valence-corrected chi connectivity index (χ1v) is 6.49. The van der Waals surface area contributed by atoms with Gasteiger partial charge in [0.05, 0.1) is 0 Å². The smallest absolute Gasteiger partial charge is 0.290 e. The Labute approximate surface area is 51.2 Å². The Bertz CT molecular complexity index is 49.9. The number of hydrogen-bond acceptors (Lipinski definition) is 1. The van der Waals surface area contributed by atoms with E-state index in [-0.39, 0.29) is 6.47 Å². The van der Waals surface area contributed by atoms with Gasteiger partial charge in [-0.1, -0.05) is 0 Å². The number of rotatable bonds is 0. The molecule has 0 spiro atoms. The Balaban J connectivity index is 0. The first kappa shape index (κ1) is 10.8. The average molecular weight is 138 g/mol. The van der Waals surface area contributed by atoms with Gasteiger partial charge in [0.1, 0.15) is 0 Å². The van der Waals surface area contributed by atoms with Crippen molar-refractivity contribution in [2.75, 3.05) is 26.7 Å². The Morgan fingerprint density at radius 2 is 1.25 bits per heavy atom. The summed E-state index contributed by atoms with van der Waals surface area (Å²) in [4.78, 5) is 8.36. The molecule has 0 fully saturated rings. The SMILES string of the molecule is C[PH](C)(C)C.O=CO. The maximum Gasteiger partial charge on any atom is 0.290 e. The third kappa shape index (κ3) is 14200. The standard InChI is InChI=1S/C4H13P.CH2O2/c1-5(2,3)4;2-1-3/h5H,1-4H3;1H,(H,2,3). The fourth-order valence-corrected chi connectivity index (χ4v) is 0. The summed E-state index contributed by atoms with van der Waals surface area (Å²) in [5.74, 6) is 0. The molecule has 2 nitrogen and oxygen atoms in total. The minimum atomic E-state index is -0.611. The van der Waals surface area contributed by atoms with E-state index in [1.54, 1.807) is 0 Å². The molecule has 8 heavy (non-hydrogen) atoms. The van der Waals surface area contributed by atoms with Crippen molar-refractivity contribution in [1.82, 2.24) is 0 Å². The summed E-state index contributed by atoms with van der Waals surface area (Å²) in [6.07, 6.45) is 0. The predicted molar refractivity (Wildman–Crippen MR) is 40.7 cm³/mol. The second-order valence-corrected chi connectivity index (χ2v) is 9.11. The van der Waals surface area contributed by atoms with E-state index in [4.69, 9.17) is 9.90 Å². The van der Waals surface area contributed by atoms with Crippen molar-refractivity contribution in [3.05, 3.63) is 0 Å². The molecule has 0 amide bonds. The molecule has 0 saturated carbocycles. The van der Waals surface area contributed by atoms with Gasteiger partial charge in [-0.05, 0) is 0 Å². The third-order valence-electron chi connectivity index (χ3n) is 0. The van der Waals surface area contributed by atoms with Gasteiger partial charge in [-0.15, -0.1) is 0 Å². The van der Waals surface area contributed by atoms with Crippen LogP contribution in [0.2, 0.25) is 0 Å². The summed E-state index contributed by atoms with van der Waals surface area (Å²) < 4.78 is 0. The van der Waals surface area contributed by atoms with Gasteiger partial charge in [0.25, 0.3) is 6.47 Å². The Morgan fingerprint density at radius 1 is 1.25 bits per heavy atom. The van der Waals surface area contributed by atoms with E-state index in [1.807, 2.05) is 0 Å². The van der Waals surface area contributed by atoms with Crippen LogP contribution in [0.5, 0.6) is 0 Å². The molecule has 1 N–H and O–H groups in total. The first-order chi connectivity index (χ1) is 3.41. The number of hydrogen-bond donors (Lipinski definition) is 1. The predicted octanol–water partition coefficient (Wildman–Crippen LogP) is 0.956. The van der Waals surface area contributed by atoms with Gasteiger partial charge in [-0.3, -0.25) is 4.79 Å². The van der Waals surface area contributed by atoms with Crippen LogP contribution in [-0.2, 0) is 4.79 Å². The second-order valence-electron chi connectivity index (χ2n) is 3.11. The van der Waals surface area contributed by atoms with Crippen LogP contribution in [0.1, 0.15) is 0 Å². The maximum absolute atomic E-state index is 8.36. The Hall–Kier alpha value is -0.100. The molecule has 0 aromatic rings. The van der Waals surface area contributed by atoms with Crippen LogP contribution in [0.4, 0.5) is 0 Å². The summed E-state index contributed by atoms with van der Waals surface area (Å²) in [7, 11) is -0.611. The molecule has 0 aliphatic rings. The monoisotopic (exact) mass is 138 g/mol. The maximum atomic E-state index is 8.36. The molecule has 0 atom stereocenters. The zero-order valence-corrected chi connectivity index (χ0v) is 6.93. The van der Waals surface area contributed by atoms with E-state index in [2.05, 4.69) is 26.7 Å². The molecule has 0 aliphatic carbocycles. The number of carboxylic acid groups (broad SMARTS) is 1. The van der Waals surface area contributed by atoms with Crippen LogP contribution in [0.25, 0.3) is 0 Å². The van der Waals surface area contributed by atoms with Crippen molar-refractivity contribution in [1.29, 1.82) is 0 Å². The quantitative estimate of drug-likeness (QED) is 0.400.